The van der Waals surface area contributed by atoms with Crippen molar-refractivity contribution in [1.29, 1.82) is 0 Å². The molecule has 0 aliphatic carbocycles. The molecular formula is C14H27N5O. The number of aromatic nitrogens is 2. The zero-order valence-corrected chi connectivity index (χ0v) is 13.1. The van der Waals surface area contributed by atoms with Crippen molar-refractivity contribution in [3.05, 3.63) is 11.9 Å². The summed E-state index contributed by atoms with van der Waals surface area (Å²) in [5.74, 6) is 7.42. The number of nitrogens with one attached hydrogen (secondary N) is 2. The predicted molar refractivity (Wildman–Crippen MR) is 82.6 cm³/mol. The van der Waals surface area contributed by atoms with Crippen LogP contribution in [0.1, 0.15) is 53.3 Å². The normalized spacial score (nSPS) is 12.3. The molecule has 114 valence electrons. The zero-order valence-electron chi connectivity index (χ0n) is 13.1. The highest BCUT2D eigenvalue weighted by Crippen LogP contribution is 2.25. The fourth-order valence-corrected chi connectivity index (χ4v) is 1.88. The maximum Gasteiger partial charge on any atom is 0.145 e. The topological polar surface area (TPSA) is 96.1 Å². The summed E-state index contributed by atoms with van der Waals surface area (Å²) in [5.41, 5.74) is 2.02. The first kappa shape index (κ1) is 16.7. The fourth-order valence-electron chi connectivity index (χ4n) is 1.88. The molecule has 0 aliphatic rings. The van der Waals surface area contributed by atoms with E-state index in [-0.39, 0.29) is 17.6 Å². The first-order valence-electron chi connectivity index (χ1n) is 7.05. The van der Waals surface area contributed by atoms with E-state index >= 15 is 0 Å². The highest BCUT2D eigenvalue weighted by Gasteiger charge is 2.27. The molecule has 0 radical (unpaired) electrons. The maximum atomic E-state index is 9.65. The van der Waals surface area contributed by atoms with Gasteiger partial charge in [-0.05, 0) is 12.8 Å². The van der Waals surface area contributed by atoms with Crippen LogP contribution in [0.15, 0.2) is 6.07 Å². The molecule has 6 nitrogen and oxygen atoms in total. The summed E-state index contributed by atoms with van der Waals surface area (Å²) < 4.78 is 0. The Morgan fingerprint density at radius 2 is 1.70 bits per heavy atom. The molecule has 0 atom stereocenters. The molecule has 0 fully saturated rings. The Labute approximate surface area is 121 Å². The summed E-state index contributed by atoms with van der Waals surface area (Å²) in [7, 11) is 0. The number of hydrogen-bond acceptors (Lipinski definition) is 6. The van der Waals surface area contributed by atoms with Crippen LogP contribution in [-0.4, -0.2) is 27.2 Å². The standard InChI is InChI=1S/C14H27N5O/c1-6-14(7-2,9-20)18-10-8-11(19-15)17-12(16-10)13(3,4)5/h8,20H,6-7,9,15H2,1-5H3,(H2,16,17,18,19). The lowest BCUT2D eigenvalue weighted by molar-refractivity contribution is 0.202. The smallest absolute Gasteiger partial charge is 0.145 e. The molecule has 1 rings (SSSR count). The molecule has 0 saturated carbocycles. The molecule has 6 heteroatoms. The average Bonchev–Trinajstić information content (AvgIpc) is 2.43. The van der Waals surface area contributed by atoms with Gasteiger partial charge < -0.3 is 15.8 Å². The van der Waals surface area contributed by atoms with Gasteiger partial charge in [0.25, 0.3) is 0 Å². The molecular weight excluding hydrogens is 254 g/mol. The molecule has 5 N–H and O–H groups in total. The summed E-state index contributed by atoms with van der Waals surface area (Å²) in [4.78, 5) is 8.93. The van der Waals surface area contributed by atoms with E-state index in [4.69, 9.17) is 5.84 Å². The number of rotatable bonds is 6. The lowest BCUT2D eigenvalue weighted by Crippen LogP contribution is -2.41. The largest absolute Gasteiger partial charge is 0.394 e. The second kappa shape index (κ2) is 6.37. The highest BCUT2D eigenvalue weighted by atomic mass is 16.3. The van der Waals surface area contributed by atoms with E-state index in [1.807, 2.05) is 34.6 Å². The van der Waals surface area contributed by atoms with Crippen LogP contribution in [0, 0.1) is 0 Å². The average molecular weight is 281 g/mol. The lowest BCUT2D eigenvalue weighted by atomic mass is 9.93. The third-order valence-electron chi connectivity index (χ3n) is 3.59. The van der Waals surface area contributed by atoms with Gasteiger partial charge in [-0.2, -0.15) is 0 Å². The Kier molecular flexibility index (Phi) is 5.30. The van der Waals surface area contributed by atoms with Crippen LogP contribution >= 0.6 is 0 Å². The Hall–Kier alpha value is -1.40. The second-order valence-corrected chi connectivity index (χ2v) is 6.13. The molecule has 0 amide bonds. The minimum Gasteiger partial charge on any atom is -0.394 e. The van der Waals surface area contributed by atoms with E-state index in [9.17, 15) is 5.11 Å². The molecule has 0 bridgehead atoms. The monoisotopic (exact) mass is 281 g/mol. The van der Waals surface area contributed by atoms with Crippen LogP contribution in [0.25, 0.3) is 0 Å². The number of aliphatic hydroxyl groups is 1. The van der Waals surface area contributed by atoms with Crippen LogP contribution in [0.5, 0.6) is 0 Å². The van der Waals surface area contributed by atoms with E-state index in [1.54, 1.807) is 6.07 Å². The van der Waals surface area contributed by atoms with Gasteiger partial charge in [-0.3, -0.25) is 0 Å². The molecule has 1 aromatic rings. The zero-order chi connectivity index (χ0) is 15.4. The molecule has 1 heterocycles. The minimum atomic E-state index is -0.366. The Balaban J connectivity index is 3.18. The first-order valence-corrected chi connectivity index (χ1v) is 7.05. The lowest BCUT2D eigenvalue weighted by Gasteiger charge is -2.32. The predicted octanol–water partition coefficient (Wildman–Crippen LogP) is 2.02. The number of aliphatic hydroxyl groups excluding tert-OH is 1. The first-order chi connectivity index (χ1) is 9.30. The molecule has 20 heavy (non-hydrogen) atoms. The van der Waals surface area contributed by atoms with Crippen LogP contribution in [0.3, 0.4) is 0 Å². The van der Waals surface area contributed by atoms with E-state index in [0.717, 1.165) is 12.8 Å². The van der Waals surface area contributed by atoms with Gasteiger partial charge in [-0.15, -0.1) is 0 Å². The molecule has 0 aromatic carbocycles. The molecule has 1 aromatic heterocycles. The van der Waals surface area contributed by atoms with Gasteiger partial charge in [-0.25, -0.2) is 15.8 Å². The maximum absolute atomic E-state index is 9.65. The quantitative estimate of drug-likeness (QED) is 0.470. The van der Waals surface area contributed by atoms with Crippen molar-refractivity contribution in [3.8, 4) is 0 Å². The fraction of sp³-hybridized carbons (Fsp3) is 0.714. The number of anilines is 2. The van der Waals surface area contributed by atoms with Crippen LogP contribution in [0.2, 0.25) is 0 Å². The Bertz CT molecular complexity index is 429. The minimum absolute atomic E-state index is 0.0558. The number of nitrogens with zero attached hydrogens (tertiary/aromatic N) is 2. The van der Waals surface area contributed by atoms with Gasteiger partial charge in [0, 0.05) is 11.5 Å². The molecule has 0 unspecified atom stereocenters. The number of nitrogen functional groups attached to an aromatic ring is 1. The summed E-state index contributed by atoms with van der Waals surface area (Å²) in [6, 6.07) is 1.75. The van der Waals surface area contributed by atoms with Gasteiger partial charge >= 0.3 is 0 Å². The Morgan fingerprint density at radius 1 is 1.15 bits per heavy atom. The molecule has 0 saturated heterocycles. The third-order valence-corrected chi connectivity index (χ3v) is 3.59. The van der Waals surface area contributed by atoms with Crippen molar-refractivity contribution in [2.45, 2.75) is 58.4 Å². The van der Waals surface area contributed by atoms with Gasteiger partial charge in [0.15, 0.2) is 0 Å². The Morgan fingerprint density at radius 3 is 2.10 bits per heavy atom. The summed E-state index contributed by atoms with van der Waals surface area (Å²) >= 11 is 0. The third kappa shape index (κ3) is 3.80. The van der Waals surface area contributed by atoms with Crippen LogP contribution < -0.4 is 16.6 Å². The van der Waals surface area contributed by atoms with Crippen molar-refractivity contribution in [2.24, 2.45) is 5.84 Å². The molecule has 0 spiro atoms. The van der Waals surface area contributed by atoms with Crippen molar-refractivity contribution >= 4 is 11.6 Å². The van der Waals surface area contributed by atoms with Crippen molar-refractivity contribution in [2.75, 3.05) is 17.3 Å². The number of nitrogens with two attached hydrogens (primary N) is 1. The van der Waals surface area contributed by atoms with E-state index in [2.05, 4.69) is 20.7 Å². The van der Waals surface area contributed by atoms with Crippen LogP contribution in [-0.2, 0) is 5.41 Å². The summed E-state index contributed by atoms with van der Waals surface area (Å²) in [6.07, 6.45) is 1.61. The second-order valence-electron chi connectivity index (χ2n) is 6.13. The number of hydrazine groups is 1. The van der Waals surface area contributed by atoms with Crippen LogP contribution in [0.4, 0.5) is 11.6 Å². The van der Waals surface area contributed by atoms with Crippen molar-refractivity contribution in [1.82, 2.24) is 9.97 Å². The SMILES string of the molecule is CCC(CC)(CO)Nc1cc(NN)nc(C(C)(C)C)n1. The van der Waals surface area contributed by atoms with Gasteiger partial charge in [-0.1, -0.05) is 34.6 Å². The van der Waals surface area contributed by atoms with Gasteiger partial charge in [0.05, 0.1) is 12.1 Å². The highest BCUT2D eigenvalue weighted by molar-refractivity contribution is 5.49. The number of hydrogen-bond donors (Lipinski definition) is 4. The van der Waals surface area contributed by atoms with E-state index < -0.39 is 0 Å². The van der Waals surface area contributed by atoms with Gasteiger partial charge in [0.2, 0.25) is 0 Å². The van der Waals surface area contributed by atoms with Gasteiger partial charge in [0.1, 0.15) is 17.5 Å². The van der Waals surface area contributed by atoms with E-state index in [1.165, 1.54) is 0 Å². The van der Waals surface area contributed by atoms with Crippen molar-refractivity contribution < 1.29 is 5.11 Å². The summed E-state index contributed by atoms with van der Waals surface area (Å²) in [6.45, 7) is 10.3. The molecule has 0 aliphatic heterocycles. The van der Waals surface area contributed by atoms with E-state index in [0.29, 0.717) is 17.5 Å². The van der Waals surface area contributed by atoms with Crippen molar-refractivity contribution in [3.63, 3.8) is 0 Å². The summed E-state index contributed by atoms with van der Waals surface area (Å²) in [5, 5.41) is 13.0.